The molecule has 3 N–H and O–H groups in total. The third-order valence-electron chi connectivity index (χ3n) is 2.76. The maximum atomic E-state index is 11.7. The summed E-state index contributed by atoms with van der Waals surface area (Å²) in [6.07, 6.45) is 2.16. The van der Waals surface area contributed by atoms with Crippen molar-refractivity contribution in [3.05, 3.63) is 29.8 Å². The molecule has 18 heavy (non-hydrogen) atoms. The van der Waals surface area contributed by atoms with Crippen LogP contribution in [-0.4, -0.2) is 29.6 Å². The SMILES string of the molecule is O=C(O)Cc1ccccc1NC(=O)CNC1CC1. The van der Waals surface area contributed by atoms with Crippen LogP contribution in [0.15, 0.2) is 24.3 Å². The zero-order valence-corrected chi connectivity index (χ0v) is 9.98. The largest absolute Gasteiger partial charge is 0.481 e. The topological polar surface area (TPSA) is 78.4 Å². The van der Waals surface area contributed by atoms with E-state index < -0.39 is 5.97 Å². The molecule has 1 aromatic carbocycles. The number of para-hydroxylation sites is 1. The van der Waals surface area contributed by atoms with E-state index in [1.165, 1.54) is 0 Å². The standard InChI is InChI=1S/C13H16N2O3/c16-12(8-14-10-5-6-10)15-11-4-2-1-3-9(11)7-13(17)18/h1-4,10,14H,5-8H2,(H,15,16)(H,17,18). The van der Waals surface area contributed by atoms with E-state index in [0.29, 0.717) is 17.3 Å². The molecule has 0 heterocycles. The first-order valence-electron chi connectivity index (χ1n) is 5.98. The molecule has 96 valence electrons. The second kappa shape index (κ2) is 5.64. The molecule has 1 aliphatic carbocycles. The van der Waals surface area contributed by atoms with Gasteiger partial charge in [0.05, 0.1) is 13.0 Å². The van der Waals surface area contributed by atoms with Crippen molar-refractivity contribution < 1.29 is 14.7 Å². The second-order valence-corrected chi connectivity index (χ2v) is 4.43. The van der Waals surface area contributed by atoms with Crippen molar-refractivity contribution in [1.82, 2.24) is 5.32 Å². The molecule has 1 aromatic rings. The van der Waals surface area contributed by atoms with E-state index >= 15 is 0 Å². The van der Waals surface area contributed by atoms with Gasteiger partial charge in [-0.1, -0.05) is 18.2 Å². The minimum Gasteiger partial charge on any atom is -0.481 e. The van der Waals surface area contributed by atoms with E-state index in [1.807, 2.05) is 0 Å². The van der Waals surface area contributed by atoms with Crippen LogP contribution in [0.2, 0.25) is 0 Å². The highest BCUT2D eigenvalue weighted by Crippen LogP contribution is 2.18. The molecule has 0 spiro atoms. The highest BCUT2D eigenvalue weighted by Gasteiger charge is 2.21. The van der Waals surface area contributed by atoms with Gasteiger partial charge >= 0.3 is 5.97 Å². The van der Waals surface area contributed by atoms with Crippen LogP contribution in [-0.2, 0) is 16.0 Å². The number of anilines is 1. The minimum absolute atomic E-state index is 0.0908. The van der Waals surface area contributed by atoms with Gasteiger partial charge < -0.3 is 15.7 Å². The lowest BCUT2D eigenvalue weighted by molar-refractivity contribution is -0.136. The van der Waals surface area contributed by atoms with Crippen LogP contribution in [0.5, 0.6) is 0 Å². The molecule has 5 heteroatoms. The molecular weight excluding hydrogens is 232 g/mol. The van der Waals surface area contributed by atoms with Crippen molar-refractivity contribution in [2.75, 3.05) is 11.9 Å². The van der Waals surface area contributed by atoms with Crippen molar-refractivity contribution in [3.63, 3.8) is 0 Å². The van der Waals surface area contributed by atoms with E-state index in [4.69, 9.17) is 5.11 Å². The zero-order valence-electron chi connectivity index (χ0n) is 9.98. The van der Waals surface area contributed by atoms with E-state index in [1.54, 1.807) is 24.3 Å². The van der Waals surface area contributed by atoms with Crippen LogP contribution in [0.3, 0.4) is 0 Å². The molecule has 0 bridgehead atoms. The molecular formula is C13H16N2O3. The first-order valence-corrected chi connectivity index (χ1v) is 5.98. The lowest BCUT2D eigenvalue weighted by Gasteiger charge is -2.10. The summed E-state index contributed by atoms with van der Waals surface area (Å²) in [6.45, 7) is 0.270. The summed E-state index contributed by atoms with van der Waals surface area (Å²) >= 11 is 0. The number of nitrogens with one attached hydrogen (secondary N) is 2. The Kier molecular flexibility index (Phi) is 3.94. The predicted molar refractivity (Wildman–Crippen MR) is 67.4 cm³/mol. The normalized spacial score (nSPS) is 14.2. The number of carbonyl (C=O) groups is 2. The average molecular weight is 248 g/mol. The minimum atomic E-state index is -0.909. The monoisotopic (exact) mass is 248 g/mol. The Balaban J connectivity index is 1.93. The fraction of sp³-hybridized carbons (Fsp3) is 0.385. The maximum absolute atomic E-state index is 11.7. The maximum Gasteiger partial charge on any atom is 0.307 e. The fourth-order valence-corrected chi connectivity index (χ4v) is 1.68. The van der Waals surface area contributed by atoms with Gasteiger partial charge in [-0.15, -0.1) is 0 Å². The summed E-state index contributed by atoms with van der Waals surface area (Å²) in [5, 5.41) is 14.6. The van der Waals surface area contributed by atoms with Gasteiger partial charge in [-0.05, 0) is 24.5 Å². The number of benzene rings is 1. The quantitative estimate of drug-likeness (QED) is 0.702. The predicted octanol–water partition coefficient (Wildman–Crippen LogP) is 1.00. The Morgan fingerprint density at radius 2 is 2.00 bits per heavy atom. The first kappa shape index (κ1) is 12.6. The Hall–Kier alpha value is -1.88. The Morgan fingerprint density at radius 1 is 1.28 bits per heavy atom. The van der Waals surface area contributed by atoms with Crippen molar-refractivity contribution in [1.29, 1.82) is 0 Å². The molecule has 0 aliphatic heterocycles. The molecule has 1 saturated carbocycles. The lowest BCUT2D eigenvalue weighted by Crippen LogP contribution is -2.29. The fourth-order valence-electron chi connectivity index (χ4n) is 1.68. The number of rotatable bonds is 6. The van der Waals surface area contributed by atoms with Gasteiger partial charge in [0.2, 0.25) is 5.91 Å². The van der Waals surface area contributed by atoms with Crippen molar-refractivity contribution in [3.8, 4) is 0 Å². The van der Waals surface area contributed by atoms with Gasteiger partial charge in [0.1, 0.15) is 0 Å². The molecule has 1 aliphatic rings. The number of carboxylic acid groups (broad SMARTS) is 1. The van der Waals surface area contributed by atoms with Gasteiger partial charge in [-0.3, -0.25) is 9.59 Å². The van der Waals surface area contributed by atoms with Crippen LogP contribution in [0, 0.1) is 0 Å². The van der Waals surface area contributed by atoms with Gasteiger partial charge in [-0.2, -0.15) is 0 Å². The van der Waals surface area contributed by atoms with E-state index in [2.05, 4.69) is 10.6 Å². The molecule has 0 atom stereocenters. The van der Waals surface area contributed by atoms with E-state index in [-0.39, 0.29) is 18.9 Å². The third-order valence-corrected chi connectivity index (χ3v) is 2.76. The number of hydrogen-bond acceptors (Lipinski definition) is 3. The van der Waals surface area contributed by atoms with Crippen LogP contribution >= 0.6 is 0 Å². The molecule has 0 radical (unpaired) electrons. The van der Waals surface area contributed by atoms with Gasteiger partial charge in [-0.25, -0.2) is 0 Å². The van der Waals surface area contributed by atoms with Crippen LogP contribution in [0.25, 0.3) is 0 Å². The Labute approximate surface area is 105 Å². The van der Waals surface area contributed by atoms with Gasteiger partial charge in [0.15, 0.2) is 0 Å². The highest BCUT2D eigenvalue weighted by molar-refractivity contribution is 5.93. The summed E-state index contributed by atoms with van der Waals surface area (Å²) in [4.78, 5) is 22.4. The van der Waals surface area contributed by atoms with Crippen molar-refractivity contribution in [2.24, 2.45) is 0 Å². The highest BCUT2D eigenvalue weighted by atomic mass is 16.4. The summed E-state index contributed by atoms with van der Waals surface area (Å²) in [5.41, 5.74) is 1.19. The molecule has 0 saturated heterocycles. The Morgan fingerprint density at radius 3 is 2.67 bits per heavy atom. The molecule has 0 aromatic heterocycles. The third kappa shape index (κ3) is 3.85. The smallest absolute Gasteiger partial charge is 0.307 e. The number of carboxylic acids is 1. The summed E-state index contributed by atoms with van der Waals surface area (Å²) in [5.74, 6) is -1.05. The summed E-state index contributed by atoms with van der Waals surface area (Å²) < 4.78 is 0. The van der Waals surface area contributed by atoms with Gasteiger partial charge in [0.25, 0.3) is 0 Å². The summed E-state index contributed by atoms with van der Waals surface area (Å²) in [6, 6.07) is 7.43. The van der Waals surface area contributed by atoms with Crippen LogP contribution in [0.4, 0.5) is 5.69 Å². The lowest BCUT2D eigenvalue weighted by atomic mass is 10.1. The van der Waals surface area contributed by atoms with E-state index in [9.17, 15) is 9.59 Å². The summed E-state index contributed by atoms with van der Waals surface area (Å²) in [7, 11) is 0. The first-order chi connectivity index (χ1) is 8.65. The second-order valence-electron chi connectivity index (χ2n) is 4.43. The van der Waals surface area contributed by atoms with Crippen molar-refractivity contribution >= 4 is 17.6 Å². The number of aliphatic carboxylic acids is 1. The molecule has 5 nitrogen and oxygen atoms in total. The number of amides is 1. The van der Waals surface area contributed by atoms with Gasteiger partial charge in [0, 0.05) is 11.7 Å². The number of carbonyl (C=O) groups excluding carboxylic acids is 1. The van der Waals surface area contributed by atoms with Crippen molar-refractivity contribution in [2.45, 2.75) is 25.3 Å². The van der Waals surface area contributed by atoms with Crippen LogP contribution < -0.4 is 10.6 Å². The molecule has 1 amide bonds. The average Bonchev–Trinajstić information content (AvgIpc) is 3.12. The Bertz CT molecular complexity index is 455. The number of hydrogen-bond donors (Lipinski definition) is 3. The molecule has 2 rings (SSSR count). The molecule has 0 unspecified atom stereocenters. The zero-order chi connectivity index (χ0) is 13.0. The molecule has 1 fully saturated rings. The van der Waals surface area contributed by atoms with E-state index in [0.717, 1.165) is 12.8 Å². The van der Waals surface area contributed by atoms with Crippen LogP contribution in [0.1, 0.15) is 18.4 Å².